The van der Waals surface area contributed by atoms with Crippen molar-refractivity contribution in [2.45, 2.75) is 32.5 Å². The van der Waals surface area contributed by atoms with Crippen LogP contribution >= 0.6 is 0 Å². The van der Waals surface area contributed by atoms with Gasteiger partial charge in [-0.3, -0.25) is 4.79 Å². The zero-order valence-electron chi connectivity index (χ0n) is 16.8. The molecule has 0 aliphatic rings. The van der Waals surface area contributed by atoms with Crippen LogP contribution in [0.3, 0.4) is 0 Å². The average Bonchev–Trinajstić information content (AvgIpc) is 3.08. The van der Waals surface area contributed by atoms with Gasteiger partial charge in [0.25, 0.3) is 0 Å². The number of nitrogen functional groups attached to an aromatic ring is 1. The number of carbonyl (C=O) groups is 1. The van der Waals surface area contributed by atoms with E-state index in [2.05, 4.69) is 15.6 Å². The van der Waals surface area contributed by atoms with Crippen LogP contribution in [-0.2, 0) is 17.4 Å². The molecule has 0 saturated heterocycles. The van der Waals surface area contributed by atoms with E-state index in [1.54, 1.807) is 0 Å². The fourth-order valence-corrected chi connectivity index (χ4v) is 3.26. The van der Waals surface area contributed by atoms with Crippen LogP contribution in [0.2, 0.25) is 0 Å². The molecule has 2 aromatic carbocycles. The maximum atomic E-state index is 12.8. The lowest BCUT2D eigenvalue weighted by Gasteiger charge is -2.25. The molecule has 1 aromatic heterocycles. The van der Waals surface area contributed by atoms with Crippen molar-refractivity contribution in [3.63, 3.8) is 0 Å². The van der Waals surface area contributed by atoms with Gasteiger partial charge in [0, 0.05) is 29.7 Å². The van der Waals surface area contributed by atoms with E-state index < -0.39 is 11.7 Å². The van der Waals surface area contributed by atoms with Crippen molar-refractivity contribution in [1.29, 1.82) is 0 Å². The van der Waals surface area contributed by atoms with Gasteiger partial charge in [-0.05, 0) is 35.7 Å². The van der Waals surface area contributed by atoms with E-state index >= 15 is 0 Å². The van der Waals surface area contributed by atoms with Crippen molar-refractivity contribution < 1.29 is 18.0 Å². The number of halogens is 3. The van der Waals surface area contributed by atoms with Crippen molar-refractivity contribution in [3.05, 3.63) is 59.8 Å². The minimum atomic E-state index is -4.44. The number of aromatic nitrogens is 1. The topological polar surface area (TPSA) is 82.9 Å². The number of fused-ring (bicyclic) bond motifs is 1. The predicted molar refractivity (Wildman–Crippen MR) is 113 cm³/mol. The molecule has 3 rings (SSSR count). The third-order valence-corrected chi connectivity index (χ3v) is 5.07. The highest BCUT2D eigenvalue weighted by atomic mass is 19.4. The van der Waals surface area contributed by atoms with E-state index in [0.29, 0.717) is 12.2 Å². The minimum Gasteiger partial charge on any atom is -0.397 e. The number of hydrogen-bond donors (Lipinski definition) is 4. The van der Waals surface area contributed by atoms with Gasteiger partial charge in [0.2, 0.25) is 5.91 Å². The molecule has 0 aliphatic heterocycles. The molecular formula is C22H25F3N4O. The molecule has 0 radical (unpaired) electrons. The Morgan fingerprint density at radius 2 is 1.90 bits per heavy atom. The van der Waals surface area contributed by atoms with E-state index in [1.807, 2.05) is 44.3 Å². The smallest absolute Gasteiger partial charge is 0.397 e. The van der Waals surface area contributed by atoms with Gasteiger partial charge in [-0.15, -0.1) is 0 Å². The summed E-state index contributed by atoms with van der Waals surface area (Å²) in [5.41, 5.74) is 7.32. The summed E-state index contributed by atoms with van der Waals surface area (Å²) in [6, 6.07) is 10.8. The number of nitrogens with one attached hydrogen (secondary N) is 3. The van der Waals surface area contributed by atoms with Gasteiger partial charge < -0.3 is 21.4 Å². The Bertz CT molecular complexity index is 1030. The van der Waals surface area contributed by atoms with E-state index in [0.717, 1.165) is 28.6 Å². The predicted octanol–water partition coefficient (Wildman–Crippen LogP) is 4.56. The number of para-hydroxylation sites is 1. The molecule has 5 N–H and O–H groups in total. The number of rotatable bonds is 7. The zero-order valence-corrected chi connectivity index (χ0v) is 16.8. The lowest BCUT2D eigenvalue weighted by atomic mass is 10.0. The van der Waals surface area contributed by atoms with Gasteiger partial charge in [0.15, 0.2) is 0 Å². The first-order valence-electron chi connectivity index (χ1n) is 9.70. The molecule has 1 atom stereocenters. The first-order chi connectivity index (χ1) is 14.1. The molecule has 160 valence electrons. The van der Waals surface area contributed by atoms with E-state index in [1.165, 1.54) is 6.07 Å². The lowest BCUT2D eigenvalue weighted by molar-refractivity contribution is -0.137. The summed E-state index contributed by atoms with van der Waals surface area (Å²) in [5, 5.41) is 7.07. The fourth-order valence-electron chi connectivity index (χ4n) is 3.26. The van der Waals surface area contributed by atoms with Crippen LogP contribution < -0.4 is 16.4 Å². The second-order valence-electron chi connectivity index (χ2n) is 7.63. The number of carbonyl (C=O) groups excluding carboxylic acids is 1. The molecule has 0 bridgehead atoms. The van der Waals surface area contributed by atoms with E-state index in [9.17, 15) is 18.0 Å². The number of H-pyrrole nitrogens is 1. The number of benzene rings is 2. The second kappa shape index (κ2) is 8.69. The molecule has 8 heteroatoms. The Hall–Kier alpha value is -3.16. The first kappa shape index (κ1) is 21.5. The van der Waals surface area contributed by atoms with Gasteiger partial charge >= 0.3 is 6.18 Å². The Morgan fingerprint density at radius 3 is 2.57 bits per heavy atom. The zero-order chi connectivity index (χ0) is 21.9. The number of alkyl halides is 3. The van der Waals surface area contributed by atoms with Crippen molar-refractivity contribution in [2.24, 2.45) is 5.92 Å². The van der Waals surface area contributed by atoms with E-state index in [-0.39, 0.29) is 30.0 Å². The quantitative estimate of drug-likeness (QED) is 0.425. The average molecular weight is 418 g/mol. The third-order valence-electron chi connectivity index (χ3n) is 5.07. The number of hydrogen-bond acceptors (Lipinski definition) is 3. The van der Waals surface area contributed by atoms with Crippen LogP contribution in [0, 0.1) is 5.92 Å². The first-order valence-corrected chi connectivity index (χ1v) is 9.70. The summed E-state index contributed by atoms with van der Waals surface area (Å²) < 4.78 is 38.5. The molecule has 0 aliphatic carbocycles. The van der Waals surface area contributed by atoms with Crippen molar-refractivity contribution in [3.8, 4) is 0 Å². The maximum absolute atomic E-state index is 12.8. The third kappa shape index (κ3) is 5.06. The van der Waals surface area contributed by atoms with Gasteiger partial charge in [-0.1, -0.05) is 32.0 Å². The normalized spacial score (nSPS) is 12.9. The van der Waals surface area contributed by atoms with Crippen molar-refractivity contribution in [2.75, 3.05) is 17.6 Å². The molecule has 0 saturated carbocycles. The largest absolute Gasteiger partial charge is 0.416 e. The molecular weight excluding hydrogens is 393 g/mol. The van der Waals surface area contributed by atoms with Gasteiger partial charge in [0.1, 0.15) is 0 Å². The van der Waals surface area contributed by atoms with Crippen LogP contribution in [0.1, 0.15) is 25.0 Å². The lowest BCUT2D eigenvalue weighted by Crippen LogP contribution is -2.40. The van der Waals surface area contributed by atoms with Crippen molar-refractivity contribution in [1.82, 2.24) is 10.3 Å². The van der Waals surface area contributed by atoms with Crippen LogP contribution in [-0.4, -0.2) is 23.5 Å². The number of anilines is 2. The number of nitrogens with two attached hydrogens (primary N) is 1. The molecule has 1 amide bonds. The highest BCUT2D eigenvalue weighted by Crippen LogP contribution is 2.33. The van der Waals surface area contributed by atoms with Crippen LogP contribution in [0.15, 0.2) is 48.7 Å². The molecule has 0 unspecified atom stereocenters. The van der Waals surface area contributed by atoms with Crippen molar-refractivity contribution >= 4 is 28.2 Å². The SMILES string of the molecule is CC(C)[C@H](CNC(=O)Cc1c[nH]c2ccccc12)Nc1ccc(C(F)(F)F)cc1N. The van der Waals surface area contributed by atoms with E-state index in [4.69, 9.17) is 5.73 Å². The Morgan fingerprint density at radius 1 is 1.17 bits per heavy atom. The van der Waals surface area contributed by atoms with Crippen LogP contribution in [0.4, 0.5) is 24.5 Å². The fraction of sp³-hybridized carbons (Fsp3) is 0.318. The van der Waals surface area contributed by atoms with Crippen LogP contribution in [0.5, 0.6) is 0 Å². The Labute approximate surface area is 172 Å². The minimum absolute atomic E-state index is 0.0144. The van der Waals surface area contributed by atoms with Gasteiger partial charge in [-0.25, -0.2) is 0 Å². The highest BCUT2D eigenvalue weighted by molar-refractivity contribution is 5.88. The Kier molecular flexibility index (Phi) is 6.24. The number of aromatic amines is 1. The summed E-state index contributed by atoms with van der Waals surface area (Å²) in [6.07, 6.45) is -2.39. The molecule has 1 heterocycles. The summed E-state index contributed by atoms with van der Waals surface area (Å²) in [5.74, 6) is -0.0207. The monoisotopic (exact) mass is 418 g/mol. The van der Waals surface area contributed by atoms with Crippen LogP contribution in [0.25, 0.3) is 10.9 Å². The number of amides is 1. The summed E-state index contributed by atoms with van der Waals surface area (Å²) in [6.45, 7) is 4.24. The second-order valence-corrected chi connectivity index (χ2v) is 7.63. The molecule has 3 aromatic rings. The van der Waals surface area contributed by atoms with Gasteiger partial charge in [0.05, 0.1) is 23.4 Å². The maximum Gasteiger partial charge on any atom is 0.416 e. The molecule has 0 fully saturated rings. The summed E-state index contributed by atoms with van der Waals surface area (Å²) >= 11 is 0. The Balaban J connectivity index is 1.62. The highest BCUT2D eigenvalue weighted by Gasteiger charge is 2.31. The molecule has 0 spiro atoms. The molecule has 30 heavy (non-hydrogen) atoms. The summed E-state index contributed by atoms with van der Waals surface area (Å²) in [7, 11) is 0. The summed E-state index contributed by atoms with van der Waals surface area (Å²) in [4.78, 5) is 15.6. The van der Waals surface area contributed by atoms with Gasteiger partial charge in [-0.2, -0.15) is 13.2 Å². The standard InChI is InChI=1S/C22H25F3N4O/c1-13(2)20(29-19-8-7-15(10-17(19)26)22(23,24)25)12-28-21(30)9-14-11-27-18-6-4-3-5-16(14)18/h3-8,10-11,13,20,27,29H,9,12,26H2,1-2H3,(H,28,30)/t20-/m0/s1. The molecule has 5 nitrogen and oxygen atoms in total.